The predicted molar refractivity (Wildman–Crippen MR) is 63.2 cm³/mol. The number of carbonyl (C=O) groups is 1. The van der Waals surface area contributed by atoms with Crippen molar-refractivity contribution in [2.24, 2.45) is 0 Å². The maximum atomic E-state index is 10.5. The number of hydrogen-bond donors (Lipinski definition) is 0. The predicted octanol–water partition coefficient (Wildman–Crippen LogP) is 2.36. The van der Waals surface area contributed by atoms with E-state index in [1.165, 1.54) is 6.92 Å². The summed E-state index contributed by atoms with van der Waals surface area (Å²) in [6, 6.07) is 0. The first-order valence-corrected chi connectivity index (χ1v) is 5.25. The van der Waals surface area contributed by atoms with Crippen LogP contribution in [0, 0.1) is 63.7 Å². The molecule has 0 aromatic heterocycles. The van der Waals surface area contributed by atoms with Gasteiger partial charge in [0.15, 0.2) is 0 Å². The monoisotopic (exact) mass is 272 g/mol. The third-order valence-electron chi connectivity index (χ3n) is 2.06. The van der Waals surface area contributed by atoms with E-state index in [4.69, 9.17) is 4.74 Å². The van der Waals surface area contributed by atoms with Crippen LogP contribution in [0.25, 0.3) is 0 Å². The summed E-state index contributed by atoms with van der Waals surface area (Å²) >= 11 is 0. The Morgan fingerprint density at radius 2 is 1.41 bits per heavy atom. The third-order valence-corrected chi connectivity index (χ3v) is 2.06. The Morgan fingerprint density at radius 3 is 1.76 bits per heavy atom. The van der Waals surface area contributed by atoms with Crippen LogP contribution in [0.1, 0.15) is 13.8 Å². The average molecular weight is 272 g/mol. The maximum Gasteiger partial charge on any atom is 0.302 e. The second-order valence-electron chi connectivity index (χ2n) is 3.43. The molecule has 17 heavy (non-hydrogen) atoms. The molecule has 0 bridgehead atoms. The molecule has 0 aliphatic heterocycles. The van der Waals surface area contributed by atoms with Gasteiger partial charge >= 0.3 is 5.97 Å². The zero-order valence-corrected chi connectivity index (χ0v) is 11.0. The molecule has 10 radical (unpaired) electrons. The molecule has 2 fully saturated rings. The standard InChI is InChI=1S/C9H11O2.C5H5.Fe/c1-7(11-8(2)10)9-5-3-4-6-9;1-2-4-5-3-1;/h3-7H,1-2H3;1-5H;/t7-;;/m1../s1. The largest absolute Gasteiger partial charge is 0.462 e. The van der Waals surface area contributed by atoms with E-state index in [1.807, 2.05) is 64.7 Å². The number of hydrogen-bond acceptors (Lipinski definition) is 2. The summed E-state index contributed by atoms with van der Waals surface area (Å²) in [7, 11) is 0. The van der Waals surface area contributed by atoms with E-state index >= 15 is 0 Å². The van der Waals surface area contributed by atoms with Crippen molar-refractivity contribution in [2.45, 2.75) is 20.0 Å². The summed E-state index contributed by atoms with van der Waals surface area (Å²) in [5.41, 5.74) is 0. The van der Waals surface area contributed by atoms with Gasteiger partial charge in [0, 0.05) is 29.9 Å². The van der Waals surface area contributed by atoms with E-state index in [2.05, 4.69) is 0 Å². The Morgan fingerprint density at radius 1 is 1.00 bits per heavy atom. The van der Waals surface area contributed by atoms with Crippen molar-refractivity contribution < 1.29 is 26.6 Å². The van der Waals surface area contributed by atoms with Gasteiger partial charge in [-0.05, 0) is 64.7 Å². The van der Waals surface area contributed by atoms with Crippen molar-refractivity contribution >= 4 is 5.97 Å². The minimum atomic E-state index is -0.237. The fraction of sp³-hybridized carbons (Fsp3) is 0.214. The van der Waals surface area contributed by atoms with Gasteiger partial charge in [-0.15, -0.1) is 0 Å². The van der Waals surface area contributed by atoms with Crippen LogP contribution in [0.5, 0.6) is 0 Å². The minimum Gasteiger partial charge on any atom is -0.462 e. The Labute approximate surface area is 116 Å². The normalized spacial score (nSPS) is 21.1. The molecule has 2 aliphatic rings. The van der Waals surface area contributed by atoms with E-state index in [0.29, 0.717) is 0 Å². The van der Waals surface area contributed by atoms with Gasteiger partial charge in [0.1, 0.15) is 6.10 Å². The summed E-state index contributed by atoms with van der Waals surface area (Å²) < 4.78 is 4.96. The van der Waals surface area contributed by atoms with Gasteiger partial charge in [-0.1, -0.05) is 0 Å². The molecule has 2 saturated carbocycles. The molecule has 0 aromatic rings. The molecule has 0 spiro atoms. The minimum absolute atomic E-state index is 0. The van der Waals surface area contributed by atoms with Crippen molar-refractivity contribution in [3.8, 4) is 0 Å². The first kappa shape index (κ1) is 17.0. The smallest absolute Gasteiger partial charge is 0.302 e. The number of rotatable bonds is 2. The van der Waals surface area contributed by atoms with Crippen LogP contribution in [-0.2, 0) is 26.6 Å². The molecule has 0 N–H and O–H groups in total. The fourth-order valence-electron chi connectivity index (χ4n) is 1.30. The zero-order valence-electron chi connectivity index (χ0n) is 9.94. The molecule has 2 aliphatic carbocycles. The van der Waals surface area contributed by atoms with Gasteiger partial charge in [0.2, 0.25) is 0 Å². The van der Waals surface area contributed by atoms with Gasteiger partial charge in [-0.3, -0.25) is 4.79 Å². The number of esters is 1. The molecule has 2 rings (SSSR count). The van der Waals surface area contributed by atoms with E-state index in [-0.39, 0.29) is 29.1 Å². The van der Waals surface area contributed by atoms with Crippen LogP contribution < -0.4 is 0 Å². The van der Waals surface area contributed by atoms with Crippen LogP contribution in [-0.4, -0.2) is 12.1 Å². The Balaban J connectivity index is 0.000000360. The van der Waals surface area contributed by atoms with Crippen LogP contribution in [0.15, 0.2) is 0 Å². The molecule has 2 nitrogen and oxygen atoms in total. The number of ether oxygens (including phenoxy) is 1. The summed E-state index contributed by atoms with van der Waals surface area (Å²) in [4.78, 5) is 10.5. The third kappa shape index (κ3) is 7.83. The topological polar surface area (TPSA) is 26.3 Å². The van der Waals surface area contributed by atoms with E-state index in [0.717, 1.165) is 5.92 Å². The summed E-state index contributed by atoms with van der Waals surface area (Å²) in [6.07, 6.45) is 17.6. The first-order chi connectivity index (χ1) is 7.70. The van der Waals surface area contributed by atoms with Crippen molar-refractivity contribution in [1.29, 1.82) is 0 Å². The van der Waals surface area contributed by atoms with Crippen molar-refractivity contribution in [3.05, 3.63) is 63.7 Å². The molecule has 1 atom stereocenters. The van der Waals surface area contributed by atoms with Gasteiger partial charge in [0.25, 0.3) is 0 Å². The van der Waals surface area contributed by atoms with Crippen molar-refractivity contribution in [1.82, 2.24) is 0 Å². The van der Waals surface area contributed by atoms with Crippen LogP contribution >= 0.6 is 0 Å². The number of carbonyl (C=O) groups excluding carboxylic acids is 1. The van der Waals surface area contributed by atoms with Crippen molar-refractivity contribution in [3.63, 3.8) is 0 Å². The summed E-state index contributed by atoms with van der Waals surface area (Å²) in [5.74, 6) is 0.805. The SMILES string of the molecule is CC(=O)O[C@H](C)[C]1[CH][CH][CH][CH]1.[CH]1[CH][CH][CH][CH]1.[Fe]. The molecule has 0 heterocycles. The van der Waals surface area contributed by atoms with Gasteiger partial charge < -0.3 is 4.74 Å². The first-order valence-electron chi connectivity index (χ1n) is 5.25. The fourth-order valence-corrected chi connectivity index (χ4v) is 1.30. The molecular formula is C14H16FeO2. The van der Waals surface area contributed by atoms with E-state index in [1.54, 1.807) is 0 Å². The molecule has 0 amide bonds. The maximum absolute atomic E-state index is 10.5. The quantitative estimate of drug-likeness (QED) is 0.570. The van der Waals surface area contributed by atoms with Gasteiger partial charge in [0.05, 0.1) is 0 Å². The van der Waals surface area contributed by atoms with E-state index < -0.39 is 0 Å². The Hall–Kier alpha value is -0.0105. The molecule has 92 valence electrons. The zero-order chi connectivity index (χ0) is 11.8. The van der Waals surface area contributed by atoms with Crippen LogP contribution in [0.4, 0.5) is 0 Å². The van der Waals surface area contributed by atoms with Crippen LogP contribution in [0.2, 0.25) is 0 Å². The molecule has 3 heteroatoms. The Bertz CT molecular complexity index is 189. The molecule has 0 aromatic carbocycles. The van der Waals surface area contributed by atoms with Gasteiger partial charge in [-0.2, -0.15) is 0 Å². The molecule has 0 unspecified atom stereocenters. The van der Waals surface area contributed by atoms with Crippen molar-refractivity contribution in [2.75, 3.05) is 0 Å². The summed E-state index contributed by atoms with van der Waals surface area (Å²) in [5, 5.41) is 0. The van der Waals surface area contributed by atoms with Crippen LogP contribution in [0.3, 0.4) is 0 Å². The second kappa shape index (κ2) is 9.96. The summed E-state index contributed by atoms with van der Waals surface area (Å²) in [6.45, 7) is 3.27. The Kier molecular flexibility index (Phi) is 9.96. The van der Waals surface area contributed by atoms with E-state index in [9.17, 15) is 4.79 Å². The molecule has 0 saturated heterocycles. The molecular weight excluding hydrogens is 256 g/mol. The second-order valence-corrected chi connectivity index (χ2v) is 3.43. The average Bonchev–Trinajstić information content (AvgIpc) is 2.94. The van der Waals surface area contributed by atoms with Gasteiger partial charge in [-0.25, -0.2) is 0 Å².